The van der Waals surface area contributed by atoms with Gasteiger partial charge in [-0.1, -0.05) is 12.8 Å². The molecule has 1 saturated carbocycles. The third-order valence-corrected chi connectivity index (χ3v) is 3.66. The van der Waals surface area contributed by atoms with E-state index in [0.29, 0.717) is 38.6 Å². The molecule has 0 heterocycles. The number of rotatable bonds is 6. The van der Waals surface area contributed by atoms with Crippen molar-refractivity contribution < 1.29 is 22.8 Å². The van der Waals surface area contributed by atoms with Gasteiger partial charge in [0.15, 0.2) is 0 Å². The lowest BCUT2D eigenvalue weighted by Gasteiger charge is -2.33. The lowest BCUT2D eigenvalue weighted by atomic mass is 9.84. The van der Waals surface area contributed by atoms with E-state index in [0.717, 1.165) is 0 Å². The van der Waals surface area contributed by atoms with Crippen LogP contribution in [-0.2, 0) is 4.79 Å². The molecule has 0 aliphatic heterocycles. The molecule has 1 fully saturated rings. The number of carbonyl (C=O) groups excluding carboxylic acids is 2. The molecule has 5 nitrogen and oxygen atoms in total. The van der Waals surface area contributed by atoms with Crippen molar-refractivity contribution in [3.63, 3.8) is 0 Å². The molecule has 3 amide bonds. The Morgan fingerprint density at radius 2 is 1.81 bits per heavy atom. The normalized spacial score (nSPS) is 22.6. The molecule has 0 spiro atoms. The fraction of sp³-hybridized carbons (Fsp3) is 0.846. The van der Waals surface area contributed by atoms with Gasteiger partial charge in [0.2, 0.25) is 5.91 Å². The number of carbonyl (C=O) groups is 2. The van der Waals surface area contributed by atoms with Crippen LogP contribution in [0.2, 0.25) is 0 Å². The van der Waals surface area contributed by atoms with E-state index >= 15 is 0 Å². The Morgan fingerprint density at radius 3 is 2.43 bits per heavy atom. The summed E-state index contributed by atoms with van der Waals surface area (Å²) in [6, 6.07) is -1.44. The van der Waals surface area contributed by atoms with Gasteiger partial charge in [0.25, 0.3) is 0 Å². The third-order valence-electron chi connectivity index (χ3n) is 3.66. The molecule has 8 heteroatoms. The summed E-state index contributed by atoms with van der Waals surface area (Å²) in [7, 11) is 0. The topological polar surface area (TPSA) is 84.2 Å². The summed E-state index contributed by atoms with van der Waals surface area (Å²) in [5.74, 6) is -1.80. The van der Waals surface area contributed by atoms with Crippen LogP contribution >= 0.6 is 0 Å². The van der Waals surface area contributed by atoms with Crippen molar-refractivity contribution in [2.75, 3.05) is 6.54 Å². The van der Waals surface area contributed by atoms with Crippen molar-refractivity contribution in [1.82, 2.24) is 10.6 Å². The smallest absolute Gasteiger partial charge is 0.353 e. The van der Waals surface area contributed by atoms with Gasteiger partial charge < -0.3 is 16.4 Å². The maximum atomic E-state index is 12.9. The summed E-state index contributed by atoms with van der Waals surface area (Å²) in [4.78, 5) is 22.1. The molecule has 2 atom stereocenters. The van der Waals surface area contributed by atoms with Crippen molar-refractivity contribution in [2.45, 2.75) is 57.2 Å². The fourth-order valence-corrected chi connectivity index (χ4v) is 2.60. The van der Waals surface area contributed by atoms with Gasteiger partial charge in [-0.05, 0) is 25.7 Å². The number of amides is 3. The minimum Gasteiger partial charge on any atom is -0.353 e. The number of halogens is 3. The van der Waals surface area contributed by atoms with Gasteiger partial charge >= 0.3 is 12.2 Å². The first-order valence-corrected chi connectivity index (χ1v) is 7.20. The Hall–Kier alpha value is -1.47. The van der Waals surface area contributed by atoms with Gasteiger partial charge in [0, 0.05) is 19.0 Å². The van der Waals surface area contributed by atoms with E-state index in [2.05, 4.69) is 10.6 Å². The first kappa shape index (κ1) is 17.6. The van der Waals surface area contributed by atoms with Crippen LogP contribution in [0.4, 0.5) is 18.0 Å². The standard InChI is InChI=1S/C13H22F3N3O2/c14-13(15,16)9-5-1-2-6-10(9)19-11(20)7-3-4-8-18-12(17)21/h9-10H,1-8H2,(H,19,20)(H3,17,18,21)/t9-,10+/m0/s1. The maximum absolute atomic E-state index is 12.9. The largest absolute Gasteiger partial charge is 0.393 e. The van der Waals surface area contributed by atoms with E-state index in [1.165, 1.54) is 0 Å². The summed E-state index contributed by atoms with van der Waals surface area (Å²) >= 11 is 0. The first-order chi connectivity index (χ1) is 9.80. The highest BCUT2D eigenvalue weighted by Crippen LogP contribution is 2.37. The van der Waals surface area contributed by atoms with E-state index in [9.17, 15) is 22.8 Å². The quantitative estimate of drug-likeness (QED) is 0.656. The SMILES string of the molecule is NC(=O)NCCCCC(=O)N[C@@H]1CCCC[C@@H]1C(F)(F)F. The van der Waals surface area contributed by atoms with Crippen molar-refractivity contribution in [1.29, 1.82) is 0 Å². The van der Waals surface area contributed by atoms with Crippen molar-refractivity contribution in [3.8, 4) is 0 Å². The predicted molar refractivity (Wildman–Crippen MR) is 71.4 cm³/mol. The number of hydrogen-bond acceptors (Lipinski definition) is 2. The van der Waals surface area contributed by atoms with E-state index in [1.807, 2.05) is 0 Å². The highest BCUT2D eigenvalue weighted by molar-refractivity contribution is 5.76. The molecule has 122 valence electrons. The van der Waals surface area contributed by atoms with Crippen LogP contribution in [0, 0.1) is 5.92 Å². The van der Waals surface area contributed by atoms with Crippen LogP contribution in [-0.4, -0.2) is 30.7 Å². The van der Waals surface area contributed by atoms with Crippen molar-refractivity contribution in [3.05, 3.63) is 0 Å². The second-order valence-electron chi connectivity index (χ2n) is 5.35. The number of alkyl halides is 3. The molecule has 21 heavy (non-hydrogen) atoms. The third kappa shape index (κ3) is 6.68. The monoisotopic (exact) mass is 309 g/mol. The number of nitrogens with one attached hydrogen (secondary N) is 2. The van der Waals surface area contributed by atoms with E-state index < -0.39 is 24.2 Å². The molecule has 4 N–H and O–H groups in total. The highest BCUT2D eigenvalue weighted by atomic mass is 19.4. The van der Waals surface area contributed by atoms with Gasteiger partial charge in [-0.2, -0.15) is 13.2 Å². The molecule has 0 saturated heterocycles. The van der Waals surface area contributed by atoms with Crippen LogP contribution in [0.3, 0.4) is 0 Å². The average molecular weight is 309 g/mol. The zero-order chi connectivity index (χ0) is 15.9. The van der Waals surface area contributed by atoms with Crippen molar-refractivity contribution in [2.24, 2.45) is 11.7 Å². The molecular weight excluding hydrogens is 287 g/mol. The van der Waals surface area contributed by atoms with Crippen LogP contribution in [0.15, 0.2) is 0 Å². The minimum absolute atomic E-state index is 0.0803. The molecule has 0 radical (unpaired) electrons. The summed E-state index contributed by atoms with van der Waals surface area (Å²) in [5, 5.41) is 4.89. The Bertz CT molecular complexity index is 361. The Kier molecular flexibility index (Phi) is 6.77. The van der Waals surface area contributed by atoms with Crippen molar-refractivity contribution >= 4 is 11.9 Å². The van der Waals surface area contributed by atoms with Gasteiger partial charge in [0.05, 0.1) is 5.92 Å². The highest BCUT2D eigenvalue weighted by Gasteiger charge is 2.45. The zero-order valence-corrected chi connectivity index (χ0v) is 11.8. The summed E-state index contributed by atoms with van der Waals surface area (Å²) in [6.07, 6.45) is -1.34. The van der Waals surface area contributed by atoms with Crippen LogP contribution < -0.4 is 16.4 Å². The number of unbranched alkanes of at least 4 members (excludes halogenated alkanes) is 1. The molecule has 0 aromatic carbocycles. The fourth-order valence-electron chi connectivity index (χ4n) is 2.60. The van der Waals surface area contributed by atoms with Gasteiger partial charge in [0.1, 0.15) is 0 Å². The van der Waals surface area contributed by atoms with Gasteiger partial charge in [-0.3, -0.25) is 4.79 Å². The lowest BCUT2D eigenvalue weighted by molar-refractivity contribution is -0.189. The number of hydrogen-bond donors (Lipinski definition) is 3. The number of nitrogens with two attached hydrogens (primary N) is 1. The minimum atomic E-state index is -4.26. The molecule has 1 aliphatic rings. The molecular formula is C13H22F3N3O2. The molecule has 0 unspecified atom stereocenters. The van der Waals surface area contributed by atoms with Gasteiger partial charge in [-0.25, -0.2) is 4.79 Å². The molecule has 0 aromatic heterocycles. The Balaban J connectivity index is 2.30. The number of primary amides is 1. The van der Waals surface area contributed by atoms with E-state index in [4.69, 9.17) is 5.73 Å². The first-order valence-electron chi connectivity index (χ1n) is 7.20. The van der Waals surface area contributed by atoms with Crippen LogP contribution in [0.5, 0.6) is 0 Å². The summed E-state index contributed by atoms with van der Waals surface area (Å²) in [5.41, 5.74) is 4.88. The van der Waals surface area contributed by atoms with E-state index in [1.54, 1.807) is 0 Å². The lowest BCUT2D eigenvalue weighted by Crippen LogP contribution is -2.47. The van der Waals surface area contributed by atoms with Crippen LogP contribution in [0.25, 0.3) is 0 Å². The molecule has 0 aromatic rings. The van der Waals surface area contributed by atoms with Crippen LogP contribution in [0.1, 0.15) is 44.9 Å². The predicted octanol–water partition coefficient (Wildman–Crippen LogP) is 2.06. The van der Waals surface area contributed by atoms with E-state index in [-0.39, 0.29) is 18.7 Å². The summed E-state index contributed by atoms with van der Waals surface area (Å²) < 4.78 is 38.6. The maximum Gasteiger partial charge on any atom is 0.393 e. The molecule has 0 bridgehead atoms. The van der Waals surface area contributed by atoms with Gasteiger partial charge in [-0.15, -0.1) is 0 Å². The molecule has 1 rings (SSSR count). The second kappa shape index (κ2) is 8.09. The Morgan fingerprint density at radius 1 is 1.14 bits per heavy atom. The second-order valence-corrected chi connectivity index (χ2v) is 5.35. The average Bonchev–Trinajstić information content (AvgIpc) is 2.37. The zero-order valence-electron chi connectivity index (χ0n) is 11.8. The molecule has 1 aliphatic carbocycles. The summed E-state index contributed by atoms with van der Waals surface area (Å²) in [6.45, 7) is 0.358. The number of urea groups is 1. The Labute approximate surface area is 121 Å².